The highest BCUT2D eigenvalue weighted by Gasteiger charge is 2.12. The maximum Gasteiger partial charge on any atom is 0.255 e. The second-order valence-electron chi connectivity index (χ2n) is 7.10. The highest BCUT2D eigenvalue weighted by molar-refractivity contribution is 6.05. The van der Waals surface area contributed by atoms with Gasteiger partial charge in [-0.1, -0.05) is 12.1 Å². The number of nitrogens with two attached hydrogens (primary N) is 1. The van der Waals surface area contributed by atoms with Gasteiger partial charge in [0, 0.05) is 24.4 Å². The van der Waals surface area contributed by atoms with Gasteiger partial charge in [-0.15, -0.1) is 0 Å². The molecule has 1 aromatic heterocycles. The SMILES string of the molecule is COc1cc(/C=C/C(=O)NCc2ccc(C(=O)Nc3cccnc3N)cc2)cc(OC)c1OC. The average Bonchev–Trinajstić information content (AvgIpc) is 2.87. The van der Waals surface area contributed by atoms with Gasteiger partial charge in [0.2, 0.25) is 11.7 Å². The number of amides is 2. The first kappa shape index (κ1) is 24.1. The van der Waals surface area contributed by atoms with Crippen LogP contribution in [0.5, 0.6) is 17.2 Å². The van der Waals surface area contributed by atoms with Gasteiger partial charge in [0.05, 0.1) is 27.0 Å². The Bertz CT molecular complexity index is 1170. The van der Waals surface area contributed by atoms with Gasteiger partial charge in [0.1, 0.15) is 5.82 Å². The standard InChI is InChI=1S/C25H26N4O5/c1-32-20-13-17(14-21(33-2)23(20)34-3)8-11-22(30)28-15-16-6-9-18(10-7-16)25(31)29-19-5-4-12-27-24(19)26/h4-14H,15H2,1-3H3,(H2,26,27)(H,28,30)(H,29,31)/b11-8+. The molecule has 0 unspecified atom stereocenters. The Labute approximate surface area is 197 Å². The molecule has 3 rings (SSSR count). The summed E-state index contributed by atoms with van der Waals surface area (Å²) in [6.07, 6.45) is 4.62. The summed E-state index contributed by atoms with van der Waals surface area (Å²) in [5.41, 5.74) is 8.22. The van der Waals surface area contributed by atoms with Crippen molar-refractivity contribution in [2.24, 2.45) is 0 Å². The van der Waals surface area contributed by atoms with Crippen molar-refractivity contribution in [1.29, 1.82) is 0 Å². The smallest absolute Gasteiger partial charge is 0.255 e. The van der Waals surface area contributed by atoms with Crippen LogP contribution in [-0.2, 0) is 11.3 Å². The van der Waals surface area contributed by atoms with E-state index < -0.39 is 0 Å². The zero-order valence-corrected chi connectivity index (χ0v) is 19.1. The molecule has 0 spiro atoms. The van der Waals surface area contributed by atoms with Crippen LogP contribution in [0.25, 0.3) is 6.08 Å². The number of benzene rings is 2. The molecule has 0 aliphatic rings. The van der Waals surface area contributed by atoms with Crippen LogP contribution in [0.2, 0.25) is 0 Å². The van der Waals surface area contributed by atoms with E-state index in [1.54, 1.807) is 60.8 Å². The molecule has 4 N–H and O–H groups in total. The quantitative estimate of drug-likeness (QED) is 0.417. The zero-order valence-electron chi connectivity index (χ0n) is 19.1. The Kier molecular flexibility index (Phi) is 8.07. The van der Waals surface area contributed by atoms with Crippen LogP contribution in [0.1, 0.15) is 21.5 Å². The molecule has 2 amide bonds. The molecule has 1 heterocycles. The van der Waals surface area contributed by atoms with Crippen LogP contribution in [0.3, 0.4) is 0 Å². The molecule has 0 radical (unpaired) electrons. The van der Waals surface area contributed by atoms with Gasteiger partial charge in [-0.25, -0.2) is 4.98 Å². The highest BCUT2D eigenvalue weighted by atomic mass is 16.5. The number of ether oxygens (including phenoxy) is 3. The topological polar surface area (TPSA) is 125 Å². The van der Waals surface area contributed by atoms with Crippen molar-refractivity contribution in [3.05, 3.63) is 77.5 Å². The lowest BCUT2D eigenvalue weighted by Gasteiger charge is -2.12. The first-order chi connectivity index (χ1) is 16.4. The van der Waals surface area contributed by atoms with Gasteiger partial charge < -0.3 is 30.6 Å². The third-order valence-corrected chi connectivity index (χ3v) is 4.88. The molecule has 0 bridgehead atoms. The Morgan fingerprint density at radius 2 is 1.68 bits per heavy atom. The van der Waals surface area contributed by atoms with Crippen LogP contribution in [0.15, 0.2) is 60.8 Å². The maximum absolute atomic E-state index is 12.4. The molecule has 0 saturated carbocycles. The lowest BCUT2D eigenvalue weighted by molar-refractivity contribution is -0.116. The minimum absolute atomic E-state index is 0.245. The number of methoxy groups -OCH3 is 3. The predicted molar refractivity (Wildman–Crippen MR) is 130 cm³/mol. The van der Waals surface area contributed by atoms with E-state index in [9.17, 15) is 9.59 Å². The fourth-order valence-electron chi connectivity index (χ4n) is 3.11. The van der Waals surface area contributed by atoms with Crippen LogP contribution >= 0.6 is 0 Å². The Hall–Kier alpha value is -4.53. The van der Waals surface area contributed by atoms with Crippen molar-refractivity contribution in [1.82, 2.24) is 10.3 Å². The summed E-state index contributed by atoms with van der Waals surface area (Å²) in [6, 6.07) is 13.7. The van der Waals surface area contributed by atoms with E-state index in [1.807, 2.05) is 0 Å². The van der Waals surface area contributed by atoms with Gasteiger partial charge in [-0.05, 0) is 53.6 Å². The number of aromatic nitrogens is 1. The summed E-state index contributed by atoms with van der Waals surface area (Å²) in [4.78, 5) is 28.6. The third kappa shape index (κ3) is 6.04. The van der Waals surface area contributed by atoms with Gasteiger partial charge in [-0.2, -0.15) is 0 Å². The molecule has 0 saturated heterocycles. The summed E-state index contributed by atoms with van der Waals surface area (Å²) >= 11 is 0. The largest absolute Gasteiger partial charge is 0.493 e. The molecule has 0 aliphatic heterocycles. The fourth-order valence-corrected chi connectivity index (χ4v) is 3.11. The summed E-state index contributed by atoms with van der Waals surface area (Å²) in [6.45, 7) is 0.301. The third-order valence-electron chi connectivity index (χ3n) is 4.88. The van der Waals surface area contributed by atoms with Crippen molar-refractivity contribution in [3.63, 3.8) is 0 Å². The number of carbonyl (C=O) groups excluding carboxylic acids is 2. The Balaban J connectivity index is 1.57. The molecule has 0 aliphatic carbocycles. The second kappa shape index (κ2) is 11.4. The maximum atomic E-state index is 12.4. The predicted octanol–water partition coefficient (Wildman–Crippen LogP) is 3.27. The Morgan fingerprint density at radius 3 is 2.26 bits per heavy atom. The number of anilines is 2. The van der Waals surface area contributed by atoms with Gasteiger partial charge in [0.15, 0.2) is 11.5 Å². The van der Waals surface area contributed by atoms with E-state index in [4.69, 9.17) is 19.9 Å². The summed E-state index contributed by atoms with van der Waals surface area (Å²) in [5, 5.41) is 5.53. The van der Waals surface area contributed by atoms with Crippen LogP contribution in [0.4, 0.5) is 11.5 Å². The van der Waals surface area contributed by atoms with E-state index >= 15 is 0 Å². The van der Waals surface area contributed by atoms with Crippen molar-refractivity contribution in [2.45, 2.75) is 6.54 Å². The summed E-state index contributed by atoms with van der Waals surface area (Å²) < 4.78 is 15.9. The van der Waals surface area contributed by atoms with Gasteiger partial charge in [-0.3, -0.25) is 9.59 Å². The van der Waals surface area contributed by atoms with E-state index in [2.05, 4.69) is 15.6 Å². The molecule has 2 aromatic carbocycles. The number of pyridine rings is 1. The van der Waals surface area contributed by atoms with E-state index in [1.165, 1.54) is 27.4 Å². The number of nitrogens with zero attached hydrogens (tertiary/aromatic N) is 1. The molecule has 0 fully saturated rings. The molecule has 3 aromatic rings. The Morgan fingerprint density at radius 1 is 1.00 bits per heavy atom. The molecule has 9 heteroatoms. The first-order valence-corrected chi connectivity index (χ1v) is 10.3. The number of nitrogens with one attached hydrogen (secondary N) is 2. The normalized spacial score (nSPS) is 10.6. The molecular weight excluding hydrogens is 436 g/mol. The van der Waals surface area contributed by atoms with E-state index in [-0.39, 0.29) is 17.6 Å². The van der Waals surface area contributed by atoms with Crippen molar-refractivity contribution in [3.8, 4) is 17.2 Å². The summed E-state index contributed by atoms with van der Waals surface area (Å²) in [7, 11) is 4.58. The number of carbonyl (C=O) groups is 2. The first-order valence-electron chi connectivity index (χ1n) is 10.3. The number of rotatable bonds is 9. The lowest BCUT2D eigenvalue weighted by atomic mass is 10.1. The van der Waals surface area contributed by atoms with Crippen molar-refractivity contribution in [2.75, 3.05) is 32.4 Å². The average molecular weight is 463 g/mol. The number of hydrogen-bond donors (Lipinski definition) is 3. The van der Waals surface area contributed by atoms with E-state index in [0.29, 0.717) is 40.6 Å². The molecular formula is C25H26N4O5. The van der Waals surface area contributed by atoms with Gasteiger partial charge in [0.25, 0.3) is 5.91 Å². The number of hydrogen-bond acceptors (Lipinski definition) is 7. The summed E-state index contributed by atoms with van der Waals surface area (Å²) in [5.74, 6) is 1.14. The number of nitrogen functional groups attached to an aromatic ring is 1. The van der Waals surface area contributed by atoms with Crippen molar-refractivity contribution < 1.29 is 23.8 Å². The highest BCUT2D eigenvalue weighted by Crippen LogP contribution is 2.38. The minimum Gasteiger partial charge on any atom is -0.493 e. The molecule has 0 atom stereocenters. The van der Waals surface area contributed by atoms with Gasteiger partial charge >= 0.3 is 0 Å². The van der Waals surface area contributed by atoms with Crippen molar-refractivity contribution >= 4 is 29.4 Å². The molecule has 34 heavy (non-hydrogen) atoms. The van der Waals surface area contributed by atoms with E-state index in [0.717, 1.165) is 5.56 Å². The lowest BCUT2D eigenvalue weighted by Crippen LogP contribution is -2.20. The van der Waals surface area contributed by atoms with Crippen LogP contribution in [-0.4, -0.2) is 38.1 Å². The monoisotopic (exact) mass is 462 g/mol. The zero-order chi connectivity index (χ0) is 24.5. The fraction of sp³-hybridized carbons (Fsp3) is 0.160. The minimum atomic E-state index is -0.302. The van der Waals surface area contributed by atoms with Crippen LogP contribution < -0.4 is 30.6 Å². The molecule has 176 valence electrons. The molecule has 9 nitrogen and oxygen atoms in total. The second-order valence-corrected chi connectivity index (χ2v) is 7.10. The van der Waals surface area contributed by atoms with Crippen LogP contribution in [0, 0.1) is 0 Å².